The molecular weight excluding hydrogens is 426 g/mol. The van der Waals surface area contributed by atoms with Crippen LogP contribution < -0.4 is 0 Å². The molecule has 0 fully saturated rings. The molecule has 0 aliphatic heterocycles. The molecule has 0 atom stereocenters. The first kappa shape index (κ1) is 12.2. The monoisotopic (exact) mass is 436 g/mol. The minimum atomic E-state index is 0.365. The number of phenols is 1. The van der Waals surface area contributed by atoms with Crippen molar-refractivity contribution in [3.63, 3.8) is 0 Å². The summed E-state index contributed by atoms with van der Waals surface area (Å²) in [6.45, 7) is 0. The molecule has 0 radical (unpaired) electrons. The van der Waals surface area contributed by atoms with Crippen LogP contribution in [0.1, 0.15) is 11.1 Å². The van der Waals surface area contributed by atoms with Gasteiger partial charge in [-0.25, -0.2) is 0 Å². The third kappa shape index (κ3) is 2.68. The van der Waals surface area contributed by atoms with E-state index in [4.69, 9.17) is 0 Å². The van der Waals surface area contributed by atoms with Crippen LogP contribution in [-0.2, 0) is 6.42 Å². The fourth-order valence-corrected chi connectivity index (χ4v) is 2.68. The van der Waals surface area contributed by atoms with Crippen molar-refractivity contribution < 1.29 is 5.11 Å². The highest BCUT2D eigenvalue weighted by Crippen LogP contribution is 2.26. The van der Waals surface area contributed by atoms with Crippen LogP contribution in [0.25, 0.3) is 0 Å². The van der Waals surface area contributed by atoms with Gasteiger partial charge in [0, 0.05) is 3.57 Å². The molecule has 1 nitrogen and oxygen atoms in total. The Morgan fingerprint density at radius 1 is 0.875 bits per heavy atom. The van der Waals surface area contributed by atoms with Crippen molar-refractivity contribution >= 4 is 45.2 Å². The van der Waals surface area contributed by atoms with E-state index in [1.54, 1.807) is 6.07 Å². The van der Waals surface area contributed by atoms with Crippen LogP contribution in [0.2, 0.25) is 0 Å². The first-order valence-corrected chi connectivity index (χ1v) is 7.04. The van der Waals surface area contributed by atoms with Gasteiger partial charge in [0.25, 0.3) is 0 Å². The lowest BCUT2D eigenvalue weighted by Gasteiger charge is -2.07. The maximum atomic E-state index is 9.64. The van der Waals surface area contributed by atoms with Crippen LogP contribution in [0.4, 0.5) is 0 Å². The molecule has 1 N–H and O–H groups in total. The number of hydrogen-bond acceptors (Lipinski definition) is 1. The molecule has 16 heavy (non-hydrogen) atoms. The number of benzene rings is 2. The minimum Gasteiger partial charge on any atom is -0.507 e. The van der Waals surface area contributed by atoms with Gasteiger partial charge in [-0.2, -0.15) is 0 Å². The summed E-state index contributed by atoms with van der Waals surface area (Å²) in [6.07, 6.45) is 0.867. The van der Waals surface area contributed by atoms with E-state index < -0.39 is 0 Å². The highest BCUT2D eigenvalue weighted by molar-refractivity contribution is 14.1. The van der Waals surface area contributed by atoms with E-state index in [0.29, 0.717) is 5.75 Å². The Morgan fingerprint density at radius 2 is 1.56 bits per heavy atom. The fourth-order valence-electron chi connectivity index (χ4n) is 1.55. The standard InChI is InChI=1S/C13H10I2O/c14-11-6-2-1-4-9(11)8-10-5-3-7-12(16)13(10)15/h1-7,16H,8H2. The van der Waals surface area contributed by atoms with Crippen LogP contribution in [0.3, 0.4) is 0 Å². The van der Waals surface area contributed by atoms with E-state index in [-0.39, 0.29) is 0 Å². The van der Waals surface area contributed by atoms with Gasteiger partial charge in [-0.3, -0.25) is 0 Å². The summed E-state index contributed by atoms with van der Waals surface area (Å²) in [4.78, 5) is 0. The zero-order valence-electron chi connectivity index (χ0n) is 8.45. The van der Waals surface area contributed by atoms with Gasteiger partial charge in [0.05, 0.1) is 3.57 Å². The first-order chi connectivity index (χ1) is 7.68. The van der Waals surface area contributed by atoms with Gasteiger partial charge in [-0.1, -0.05) is 30.3 Å². The van der Waals surface area contributed by atoms with Crippen molar-refractivity contribution in [3.05, 3.63) is 60.7 Å². The molecule has 0 heterocycles. The van der Waals surface area contributed by atoms with E-state index in [1.807, 2.05) is 18.2 Å². The topological polar surface area (TPSA) is 20.2 Å². The van der Waals surface area contributed by atoms with E-state index in [0.717, 1.165) is 9.99 Å². The lowest BCUT2D eigenvalue weighted by molar-refractivity contribution is 0.470. The first-order valence-electron chi connectivity index (χ1n) is 4.88. The Hall–Kier alpha value is -0.300. The average Bonchev–Trinajstić information content (AvgIpc) is 2.28. The second kappa shape index (κ2) is 5.35. The molecule has 0 saturated carbocycles. The molecule has 82 valence electrons. The molecule has 0 unspecified atom stereocenters. The Kier molecular flexibility index (Phi) is 4.07. The molecule has 0 aliphatic rings. The predicted octanol–water partition coefficient (Wildman–Crippen LogP) is 4.19. The van der Waals surface area contributed by atoms with Crippen LogP contribution >= 0.6 is 45.2 Å². The lowest BCUT2D eigenvalue weighted by Crippen LogP contribution is -1.94. The minimum absolute atomic E-state index is 0.365. The summed E-state index contributed by atoms with van der Waals surface area (Å²) < 4.78 is 2.21. The molecule has 2 aromatic rings. The second-order valence-corrected chi connectivity index (χ2v) is 5.76. The molecule has 0 saturated heterocycles. The second-order valence-electron chi connectivity index (χ2n) is 3.52. The van der Waals surface area contributed by atoms with Gasteiger partial charge < -0.3 is 5.11 Å². The molecule has 2 aromatic carbocycles. The van der Waals surface area contributed by atoms with Crippen molar-refractivity contribution in [2.75, 3.05) is 0 Å². The Balaban J connectivity index is 2.35. The largest absolute Gasteiger partial charge is 0.507 e. The maximum Gasteiger partial charge on any atom is 0.129 e. The third-order valence-corrected chi connectivity index (χ3v) is 4.69. The summed E-state index contributed by atoms with van der Waals surface area (Å²) in [7, 11) is 0. The molecule has 2 rings (SSSR count). The van der Waals surface area contributed by atoms with Crippen LogP contribution in [0.5, 0.6) is 5.75 Å². The van der Waals surface area contributed by atoms with Crippen molar-refractivity contribution in [2.24, 2.45) is 0 Å². The number of phenolic OH excluding ortho intramolecular Hbond substituents is 1. The fraction of sp³-hybridized carbons (Fsp3) is 0.0769. The molecule has 0 spiro atoms. The Morgan fingerprint density at radius 3 is 2.31 bits per heavy atom. The molecule has 0 aromatic heterocycles. The SMILES string of the molecule is Oc1cccc(Cc2ccccc2I)c1I. The number of aromatic hydroxyl groups is 1. The highest BCUT2D eigenvalue weighted by atomic mass is 127. The zero-order chi connectivity index (χ0) is 11.5. The zero-order valence-corrected chi connectivity index (χ0v) is 12.8. The molecule has 3 heteroatoms. The Labute approximate surface area is 122 Å². The summed E-state index contributed by atoms with van der Waals surface area (Å²) in [5.41, 5.74) is 2.47. The van der Waals surface area contributed by atoms with Gasteiger partial charge in [0.1, 0.15) is 5.75 Å². The van der Waals surface area contributed by atoms with Crippen molar-refractivity contribution in [3.8, 4) is 5.75 Å². The number of hydrogen-bond donors (Lipinski definition) is 1. The quantitative estimate of drug-likeness (QED) is 0.701. The molecule has 0 aliphatic carbocycles. The molecule has 0 bridgehead atoms. The maximum absolute atomic E-state index is 9.64. The smallest absolute Gasteiger partial charge is 0.129 e. The van der Waals surface area contributed by atoms with E-state index in [2.05, 4.69) is 63.4 Å². The van der Waals surface area contributed by atoms with Gasteiger partial charge >= 0.3 is 0 Å². The van der Waals surface area contributed by atoms with Crippen molar-refractivity contribution in [2.45, 2.75) is 6.42 Å². The Bertz CT molecular complexity index is 509. The normalized spacial score (nSPS) is 10.4. The summed E-state index contributed by atoms with van der Waals surface area (Å²) in [6, 6.07) is 14.0. The van der Waals surface area contributed by atoms with E-state index in [1.165, 1.54) is 14.7 Å². The van der Waals surface area contributed by atoms with Crippen molar-refractivity contribution in [1.82, 2.24) is 0 Å². The van der Waals surface area contributed by atoms with Gasteiger partial charge in [-0.15, -0.1) is 0 Å². The van der Waals surface area contributed by atoms with E-state index in [9.17, 15) is 5.11 Å². The van der Waals surface area contributed by atoms with E-state index >= 15 is 0 Å². The van der Waals surface area contributed by atoms with Crippen molar-refractivity contribution in [1.29, 1.82) is 0 Å². The van der Waals surface area contributed by atoms with Gasteiger partial charge in [-0.05, 0) is 74.9 Å². The lowest BCUT2D eigenvalue weighted by atomic mass is 10.1. The van der Waals surface area contributed by atoms with Gasteiger partial charge in [0.15, 0.2) is 0 Å². The average molecular weight is 436 g/mol. The predicted molar refractivity (Wildman–Crippen MR) is 82.8 cm³/mol. The third-order valence-electron chi connectivity index (χ3n) is 2.40. The van der Waals surface area contributed by atoms with Crippen LogP contribution in [0, 0.1) is 7.14 Å². The number of rotatable bonds is 2. The number of halogens is 2. The summed E-state index contributed by atoms with van der Waals surface area (Å²) in [5.74, 6) is 0.365. The summed E-state index contributed by atoms with van der Waals surface area (Å²) >= 11 is 4.53. The molecule has 0 amide bonds. The van der Waals surface area contributed by atoms with Crippen LogP contribution in [0.15, 0.2) is 42.5 Å². The molecular formula is C13H10I2O. The highest BCUT2D eigenvalue weighted by Gasteiger charge is 2.06. The summed E-state index contributed by atoms with van der Waals surface area (Å²) in [5, 5.41) is 9.64. The van der Waals surface area contributed by atoms with Crippen LogP contribution in [-0.4, -0.2) is 5.11 Å². The van der Waals surface area contributed by atoms with Gasteiger partial charge in [0.2, 0.25) is 0 Å².